The van der Waals surface area contributed by atoms with Crippen LogP contribution in [0, 0.1) is 5.92 Å². The van der Waals surface area contributed by atoms with Gasteiger partial charge in [0, 0.05) is 29.2 Å². The van der Waals surface area contributed by atoms with Gasteiger partial charge in [-0.1, -0.05) is 25.4 Å². The first-order valence-electron chi connectivity index (χ1n) is 10.3. The van der Waals surface area contributed by atoms with Crippen molar-refractivity contribution in [1.82, 2.24) is 10.2 Å². The molecule has 2 heterocycles. The number of rotatable bonds is 7. The molecule has 2 amide bonds. The van der Waals surface area contributed by atoms with Gasteiger partial charge in [0.25, 0.3) is 5.91 Å². The SMILES string of the molecule is CC(C)C[C@@H]1SC[C@@H](C(=O)NCC[NH+]2CCCC2)N1C(=O)c1ccc(Cl)cc1. The maximum absolute atomic E-state index is 13.2. The monoisotopic (exact) mass is 424 g/mol. The molecule has 2 N–H and O–H groups in total. The van der Waals surface area contributed by atoms with Crippen LogP contribution in [0.3, 0.4) is 0 Å². The summed E-state index contributed by atoms with van der Waals surface area (Å²) in [6.45, 7) is 8.34. The number of carbonyl (C=O) groups is 2. The highest BCUT2D eigenvalue weighted by atomic mass is 35.5. The highest BCUT2D eigenvalue weighted by Crippen LogP contribution is 2.34. The van der Waals surface area contributed by atoms with E-state index < -0.39 is 6.04 Å². The van der Waals surface area contributed by atoms with E-state index >= 15 is 0 Å². The Kier molecular flexibility index (Phi) is 7.66. The maximum atomic E-state index is 13.2. The second-order valence-corrected chi connectivity index (χ2v) is 9.80. The van der Waals surface area contributed by atoms with Gasteiger partial charge in [-0.25, -0.2) is 0 Å². The zero-order chi connectivity index (χ0) is 20.1. The molecular weight excluding hydrogens is 394 g/mol. The first-order valence-corrected chi connectivity index (χ1v) is 11.7. The van der Waals surface area contributed by atoms with Crippen LogP contribution in [0.1, 0.15) is 43.5 Å². The molecule has 0 radical (unpaired) electrons. The van der Waals surface area contributed by atoms with Crippen molar-refractivity contribution in [2.45, 2.75) is 44.5 Å². The van der Waals surface area contributed by atoms with E-state index in [1.807, 2.05) is 0 Å². The maximum Gasteiger partial charge on any atom is 0.255 e. The Morgan fingerprint density at radius 3 is 2.57 bits per heavy atom. The van der Waals surface area contributed by atoms with Crippen LogP contribution in [0.2, 0.25) is 5.02 Å². The van der Waals surface area contributed by atoms with Crippen LogP contribution < -0.4 is 10.2 Å². The third-order valence-corrected chi connectivity index (χ3v) is 7.05. The number of nitrogens with zero attached hydrogens (tertiary/aromatic N) is 1. The van der Waals surface area contributed by atoms with Crippen molar-refractivity contribution in [3.8, 4) is 0 Å². The minimum atomic E-state index is -0.412. The van der Waals surface area contributed by atoms with Crippen molar-refractivity contribution >= 4 is 35.2 Å². The van der Waals surface area contributed by atoms with Gasteiger partial charge >= 0.3 is 0 Å². The molecule has 1 aromatic carbocycles. The van der Waals surface area contributed by atoms with E-state index in [4.69, 9.17) is 11.6 Å². The number of quaternary nitrogens is 1. The minimum absolute atomic E-state index is 0.0281. The predicted octanol–water partition coefficient (Wildman–Crippen LogP) is 2.06. The molecule has 0 aromatic heterocycles. The highest BCUT2D eigenvalue weighted by molar-refractivity contribution is 8.00. The summed E-state index contributed by atoms with van der Waals surface area (Å²) in [6, 6.07) is 6.52. The normalized spacial score (nSPS) is 22.8. The lowest BCUT2D eigenvalue weighted by molar-refractivity contribution is -0.886. The Hall–Kier alpha value is -1.24. The largest absolute Gasteiger partial charge is 0.349 e. The Labute approximate surface area is 177 Å². The number of hydrogen-bond acceptors (Lipinski definition) is 3. The average molecular weight is 425 g/mol. The fourth-order valence-electron chi connectivity index (χ4n) is 3.97. The van der Waals surface area contributed by atoms with Gasteiger partial charge in [0.1, 0.15) is 6.04 Å². The van der Waals surface area contributed by atoms with Gasteiger partial charge in [0.15, 0.2) is 0 Å². The Bertz CT molecular complexity index is 677. The van der Waals surface area contributed by atoms with Gasteiger partial charge in [0.2, 0.25) is 5.91 Å². The van der Waals surface area contributed by atoms with Crippen LogP contribution in [-0.4, -0.2) is 60.1 Å². The molecule has 0 bridgehead atoms. The van der Waals surface area contributed by atoms with Crippen LogP contribution in [-0.2, 0) is 4.79 Å². The Balaban J connectivity index is 1.67. The second-order valence-electron chi connectivity index (χ2n) is 8.15. The number of halogens is 1. The lowest BCUT2D eigenvalue weighted by Gasteiger charge is -2.30. The summed E-state index contributed by atoms with van der Waals surface area (Å²) in [5.74, 6) is 0.995. The standard InChI is InChI=1S/C21H30ClN3O2S/c1-15(2)13-19-25(21(27)16-5-7-17(22)8-6-16)18(14-28-19)20(26)23-9-12-24-10-3-4-11-24/h5-8,15,18-19H,3-4,9-14H2,1-2H3,(H,23,26)/p+1/t18-,19-/m0/s1. The first-order chi connectivity index (χ1) is 13.5. The van der Waals surface area contributed by atoms with E-state index in [0.717, 1.165) is 13.0 Å². The van der Waals surface area contributed by atoms with Crippen molar-refractivity contribution in [2.24, 2.45) is 5.92 Å². The fraction of sp³-hybridized carbons (Fsp3) is 0.619. The zero-order valence-corrected chi connectivity index (χ0v) is 18.3. The Morgan fingerprint density at radius 2 is 1.93 bits per heavy atom. The number of carbonyl (C=O) groups excluding carboxylic acids is 2. The highest BCUT2D eigenvalue weighted by Gasteiger charge is 2.41. The molecule has 0 aliphatic carbocycles. The van der Waals surface area contributed by atoms with Gasteiger partial charge in [0.05, 0.1) is 31.6 Å². The number of benzene rings is 1. The van der Waals surface area contributed by atoms with Gasteiger partial charge < -0.3 is 15.1 Å². The summed E-state index contributed by atoms with van der Waals surface area (Å²) in [4.78, 5) is 29.5. The van der Waals surface area contributed by atoms with E-state index in [2.05, 4.69) is 19.2 Å². The summed E-state index contributed by atoms with van der Waals surface area (Å²) in [6.07, 6.45) is 3.44. The first kappa shape index (κ1) is 21.5. The molecular formula is C21H31ClN3O2S+. The zero-order valence-electron chi connectivity index (χ0n) is 16.7. The van der Waals surface area contributed by atoms with Crippen molar-refractivity contribution in [3.05, 3.63) is 34.9 Å². The van der Waals surface area contributed by atoms with E-state index in [-0.39, 0.29) is 17.2 Å². The minimum Gasteiger partial charge on any atom is -0.349 e. The van der Waals surface area contributed by atoms with Crippen LogP contribution >= 0.6 is 23.4 Å². The smallest absolute Gasteiger partial charge is 0.255 e. The number of thioether (sulfide) groups is 1. The summed E-state index contributed by atoms with van der Waals surface area (Å²) >= 11 is 7.68. The van der Waals surface area contributed by atoms with Gasteiger partial charge in [-0.15, -0.1) is 11.8 Å². The molecule has 0 unspecified atom stereocenters. The van der Waals surface area contributed by atoms with Gasteiger partial charge in [-0.3, -0.25) is 9.59 Å². The molecule has 2 atom stereocenters. The summed E-state index contributed by atoms with van der Waals surface area (Å²) in [5.41, 5.74) is 0.583. The van der Waals surface area contributed by atoms with Crippen molar-refractivity contribution < 1.29 is 14.5 Å². The van der Waals surface area contributed by atoms with Crippen LogP contribution in [0.5, 0.6) is 0 Å². The molecule has 0 spiro atoms. The van der Waals surface area contributed by atoms with E-state index in [0.29, 0.717) is 28.8 Å². The molecule has 7 heteroatoms. The second kappa shape index (κ2) is 9.99. The number of nitrogens with one attached hydrogen (secondary N) is 2. The molecule has 3 rings (SSSR count). The van der Waals surface area contributed by atoms with Crippen LogP contribution in [0.4, 0.5) is 0 Å². The lowest BCUT2D eigenvalue weighted by Crippen LogP contribution is -3.10. The number of amides is 2. The third-order valence-electron chi connectivity index (χ3n) is 5.48. The Morgan fingerprint density at radius 1 is 1.25 bits per heavy atom. The molecule has 28 heavy (non-hydrogen) atoms. The fourth-order valence-corrected chi connectivity index (χ4v) is 5.74. The summed E-state index contributed by atoms with van der Waals surface area (Å²) in [7, 11) is 0. The quantitative estimate of drug-likeness (QED) is 0.704. The predicted molar refractivity (Wildman–Crippen MR) is 115 cm³/mol. The molecule has 2 aliphatic rings. The van der Waals surface area contributed by atoms with Crippen LogP contribution in [0.15, 0.2) is 24.3 Å². The number of hydrogen-bond donors (Lipinski definition) is 2. The van der Waals surface area contributed by atoms with Gasteiger partial charge in [-0.05, 0) is 36.6 Å². The third kappa shape index (κ3) is 5.43. The molecule has 154 valence electrons. The average Bonchev–Trinajstić information content (AvgIpc) is 3.31. The van der Waals surface area contributed by atoms with Gasteiger partial charge in [-0.2, -0.15) is 0 Å². The summed E-state index contributed by atoms with van der Waals surface area (Å²) < 4.78 is 0. The molecule has 2 saturated heterocycles. The lowest BCUT2D eigenvalue weighted by atomic mass is 10.1. The molecule has 5 nitrogen and oxygen atoms in total. The topological polar surface area (TPSA) is 53.9 Å². The van der Waals surface area contributed by atoms with Crippen molar-refractivity contribution in [2.75, 3.05) is 31.9 Å². The van der Waals surface area contributed by atoms with Crippen molar-refractivity contribution in [1.29, 1.82) is 0 Å². The van der Waals surface area contributed by atoms with E-state index in [9.17, 15) is 9.59 Å². The molecule has 0 saturated carbocycles. The van der Waals surface area contributed by atoms with E-state index in [1.165, 1.54) is 25.9 Å². The number of likely N-dealkylation sites (tertiary alicyclic amines) is 1. The molecule has 2 fully saturated rings. The summed E-state index contributed by atoms with van der Waals surface area (Å²) in [5, 5.41) is 3.72. The van der Waals surface area contributed by atoms with Crippen molar-refractivity contribution in [3.63, 3.8) is 0 Å². The van der Waals surface area contributed by atoms with Crippen LogP contribution in [0.25, 0.3) is 0 Å². The van der Waals surface area contributed by atoms with E-state index in [1.54, 1.807) is 45.8 Å². The molecule has 1 aromatic rings. The molecule has 2 aliphatic heterocycles.